The molecule has 3 atom stereocenters. The maximum atomic E-state index is 12.5. The van der Waals surface area contributed by atoms with Gasteiger partial charge < -0.3 is 25.4 Å². The summed E-state index contributed by atoms with van der Waals surface area (Å²) < 4.78 is 7.65. The normalized spacial score (nSPS) is 20.7. The fourth-order valence-electron chi connectivity index (χ4n) is 3.31. The first-order valence-electron chi connectivity index (χ1n) is 10.1. The van der Waals surface area contributed by atoms with Crippen LogP contribution in [0.4, 0.5) is 0 Å². The van der Waals surface area contributed by atoms with Crippen molar-refractivity contribution in [1.29, 1.82) is 0 Å². The van der Waals surface area contributed by atoms with Gasteiger partial charge >= 0.3 is 0 Å². The Morgan fingerprint density at radius 1 is 1.37 bits per heavy atom. The number of ether oxygens (including phenoxy) is 1. The van der Waals surface area contributed by atoms with Gasteiger partial charge in [-0.25, -0.2) is 4.98 Å². The quantitative estimate of drug-likeness (QED) is 0.435. The van der Waals surface area contributed by atoms with Crippen LogP contribution in [-0.4, -0.2) is 89.0 Å². The summed E-state index contributed by atoms with van der Waals surface area (Å²) in [5, 5.41) is 17.0. The molecule has 0 bridgehead atoms. The largest absolute Gasteiger partial charge is 0.483 e. The van der Waals surface area contributed by atoms with Gasteiger partial charge in [-0.1, -0.05) is 6.92 Å². The van der Waals surface area contributed by atoms with Crippen molar-refractivity contribution < 1.29 is 24.2 Å². The smallest absolute Gasteiger partial charge is 0.290 e. The average molecular weight is 427 g/mol. The van der Waals surface area contributed by atoms with E-state index in [9.17, 15) is 9.59 Å². The van der Waals surface area contributed by atoms with Crippen molar-refractivity contribution in [1.82, 2.24) is 30.3 Å². The van der Waals surface area contributed by atoms with Gasteiger partial charge in [0.15, 0.2) is 0 Å². The standard InChI is InChI=1S/C18H32N6O3.CH2O2/c1-4-9-27-16-10-14(5-6-15(16)22-17(25)11-23(2)3)18(26)20-7-8-24-13-19-12-21-24;2-1-3/h12-16H,4-11H2,1-3H3,(H,20,26)(H,22,25);1H,(H,2,3)/t14-,15-,16-;/m0./s1. The highest BCUT2D eigenvalue weighted by molar-refractivity contribution is 5.79. The molecule has 11 nitrogen and oxygen atoms in total. The molecule has 2 rings (SSSR count). The predicted molar refractivity (Wildman–Crippen MR) is 110 cm³/mol. The van der Waals surface area contributed by atoms with E-state index in [2.05, 4.69) is 27.6 Å². The summed E-state index contributed by atoms with van der Waals surface area (Å²) in [6.45, 7) is 3.89. The van der Waals surface area contributed by atoms with Gasteiger partial charge in [-0.15, -0.1) is 0 Å². The number of amides is 2. The van der Waals surface area contributed by atoms with Crippen LogP contribution in [0.1, 0.15) is 32.6 Å². The molecule has 30 heavy (non-hydrogen) atoms. The Bertz CT molecular complexity index is 625. The van der Waals surface area contributed by atoms with E-state index < -0.39 is 0 Å². The monoisotopic (exact) mass is 426 g/mol. The molecule has 0 aromatic carbocycles. The van der Waals surface area contributed by atoms with Gasteiger partial charge in [0.25, 0.3) is 6.47 Å². The SMILES string of the molecule is CCCO[C@H]1C[C@@H](C(=O)NCCn2cncn2)CC[C@@H]1NC(=O)CN(C)C.O=CO. The number of hydrogen-bond acceptors (Lipinski definition) is 7. The minimum absolute atomic E-state index is 0.00849. The van der Waals surface area contributed by atoms with E-state index in [4.69, 9.17) is 14.6 Å². The molecule has 0 unspecified atom stereocenters. The van der Waals surface area contributed by atoms with Crippen LogP contribution in [0.25, 0.3) is 0 Å². The van der Waals surface area contributed by atoms with E-state index in [0.29, 0.717) is 32.7 Å². The molecule has 2 amide bonds. The van der Waals surface area contributed by atoms with Gasteiger partial charge in [0.1, 0.15) is 12.7 Å². The molecule has 0 saturated heterocycles. The Labute approximate surface area is 177 Å². The Morgan fingerprint density at radius 3 is 2.70 bits per heavy atom. The Kier molecular flexibility index (Phi) is 12.3. The molecule has 1 saturated carbocycles. The van der Waals surface area contributed by atoms with Gasteiger partial charge in [0, 0.05) is 19.1 Å². The summed E-state index contributed by atoms with van der Waals surface area (Å²) in [6.07, 6.45) is 6.00. The predicted octanol–water partition coefficient (Wildman–Crippen LogP) is -0.263. The molecule has 0 radical (unpaired) electrons. The van der Waals surface area contributed by atoms with E-state index in [0.717, 1.165) is 19.3 Å². The van der Waals surface area contributed by atoms with Gasteiger partial charge in [-0.3, -0.25) is 19.1 Å². The third-order valence-corrected chi connectivity index (χ3v) is 4.61. The first kappa shape index (κ1) is 25.5. The van der Waals surface area contributed by atoms with Crippen molar-refractivity contribution in [2.75, 3.05) is 33.8 Å². The average Bonchev–Trinajstić information content (AvgIpc) is 3.20. The number of nitrogens with one attached hydrogen (secondary N) is 2. The summed E-state index contributed by atoms with van der Waals surface area (Å²) in [6, 6.07) is -0.0387. The number of carboxylic acid groups (broad SMARTS) is 1. The minimum atomic E-state index is -0.250. The molecule has 170 valence electrons. The van der Waals surface area contributed by atoms with E-state index in [-0.39, 0.29) is 36.4 Å². The number of nitrogens with zero attached hydrogens (tertiary/aromatic N) is 4. The molecular formula is C19H34N6O5. The highest BCUT2D eigenvalue weighted by atomic mass is 16.5. The molecule has 1 aliphatic carbocycles. The maximum absolute atomic E-state index is 12.5. The summed E-state index contributed by atoms with van der Waals surface area (Å²) >= 11 is 0. The van der Waals surface area contributed by atoms with Crippen LogP contribution in [-0.2, 0) is 25.7 Å². The van der Waals surface area contributed by atoms with E-state index >= 15 is 0 Å². The molecule has 1 aromatic rings. The van der Waals surface area contributed by atoms with Crippen molar-refractivity contribution in [3.05, 3.63) is 12.7 Å². The molecule has 1 aliphatic rings. The lowest BCUT2D eigenvalue weighted by Crippen LogP contribution is -2.51. The van der Waals surface area contributed by atoms with Crippen molar-refractivity contribution in [2.24, 2.45) is 5.92 Å². The van der Waals surface area contributed by atoms with Crippen LogP contribution in [0, 0.1) is 5.92 Å². The van der Waals surface area contributed by atoms with Crippen LogP contribution in [0.5, 0.6) is 0 Å². The Hall–Kier alpha value is -2.53. The molecule has 1 aromatic heterocycles. The van der Waals surface area contributed by atoms with Crippen LogP contribution in [0.15, 0.2) is 12.7 Å². The zero-order chi connectivity index (χ0) is 22.4. The maximum Gasteiger partial charge on any atom is 0.290 e. The Morgan fingerprint density at radius 2 is 2.10 bits per heavy atom. The van der Waals surface area contributed by atoms with Gasteiger partial charge in [0.05, 0.1) is 25.2 Å². The lowest BCUT2D eigenvalue weighted by Gasteiger charge is -2.36. The lowest BCUT2D eigenvalue weighted by atomic mass is 9.83. The van der Waals surface area contributed by atoms with Crippen LogP contribution in [0.3, 0.4) is 0 Å². The third-order valence-electron chi connectivity index (χ3n) is 4.61. The Balaban J connectivity index is 0.00000141. The molecular weight excluding hydrogens is 392 g/mol. The second-order valence-electron chi connectivity index (χ2n) is 7.39. The van der Waals surface area contributed by atoms with Crippen LogP contribution in [0.2, 0.25) is 0 Å². The fraction of sp³-hybridized carbons (Fsp3) is 0.737. The zero-order valence-corrected chi connectivity index (χ0v) is 18.0. The number of hydrogen-bond donors (Lipinski definition) is 3. The minimum Gasteiger partial charge on any atom is -0.483 e. The summed E-state index contributed by atoms with van der Waals surface area (Å²) in [7, 11) is 3.73. The molecule has 11 heteroatoms. The summed E-state index contributed by atoms with van der Waals surface area (Å²) in [5.41, 5.74) is 0. The summed E-state index contributed by atoms with van der Waals surface area (Å²) in [5.74, 6) is -0.0614. The first-order valence-corrected chi connectivity index (χ1v) is 10.1. The molecule has 0 aliphatic heterocycles. The first-order chi connectivity index (χ1) is 14.4. The van der Waals surface area contributed by atoms with Crippen molar-refractivity contribution in [3.8, 4) is 0 Å². The van der Waals surface area contributed by atoms with Gasteiger partial charge in [-0.2, -0.15) is 5.10 Å². The fourth-order valence-corrected chi connectivity index (χ4v) is 3.31. The highest BCUT2D eigenvalue weighted by Crippen LogP contribution is 2.27. The number of rotatable bonds is 10. The van der Waals surface area contributed by atoms with Crippen molar-refractivity contribution >= 4 is 18.3 Å². The zero-order valence-electron chi connectivity index (χ0n) is 18.0. The van der Waals surface area contributed by atoms with Crippen LogP contribution < -0.4 is 10.6 Å². The number of likely N-dealkylation sites (N-methyl/N-ethyl adjacent to an activating group) is 1. The van der Waals surface area contributed by atoms with Crippen molar-refractivity contribution in [3.63, 3.8) is 0 Å². The van der Waals surface area contributed by atoms with E-state index in [1.165, 1.54) is 6.33 Å². The topological polar surface area (TPSA) is 139 Å². The van der Waals surface area contributed by atoms with Gasteiger partial charge in [-0.05, 0) is 39.8 Å². The lowest BCUT2D eigenvalue weighted by molar-refractivity contribution is -0.130. The van der Waals surface area contributed by atoms with E-state index in [1.807, 2.05) is 19.0 Å². The second kappa shape index (κ2) is 14.5. The number of carbonyl (C=O) groups excluding carboxylic acids is 2. The highest BCUT2D eigenvalue weighted by Gasteiger charge is 2.35. The van der Waals surface area contributed by atoms with Gasteiger partial charge in [0.2, 0.25) is 11.8 Å². The molecule has 0 spiro atoms. The van der Waals surface area contributed by atoms with Crippen LogP contribution >= 0.6 is 0 Å². The number of aromatic nitrogens is 3. The molecule has 3 N–H and O–H groups in total. The van der Waals surface area contributed by atoms with E-state index in [1.54, 1.807) is 11.0 Å². The van der Waals surface area contributed by atoms with Crippen molar-refractivity contribution in [2.45, 2.75) is 51.3 Å². The molecule has 1 heterocycles. The summed E-state index contributed by atoms with van der Waals surface area (Å²) in [4.78, 5) is 38.7. The second-order valence-corrected chi connectivity index (χ2v) is 7.39. The molecule has 1 fully saturated rings. The third kappa shape index (κ3) is 9.79. The number of carbonyl (C=O) groups is 3.